The van der Waals surface area contributed by atoms with Crippen LogP contribution in [0.3, 0.4) is 0 Å². The minimum atomic E-state index is -0.367. The molecule has 0 heterocycles. The summed E-state index contributed by atoms with van der Waals surface area (Å²) in [5.41, 5.74) is 0.558. The quantitative estimate of drug-likeness (QED) is 0.824. The standard InChI is InChI=1S/C14H19F2N/c1-3-8-17-13(14(2)6-7-14)11-9-10(15)4-5-12(11)16/h4-5,9,13,17H,3,6-8H2,1-2H3. The SMILES string of the molecule is CCCNC(c1cc(F)ccc1F)C1(C)CC1. The number of rotatable bonds is 5. The highest BCUT2D eigenvalue weighted by molar-refractivity contribution is 5.26. The van der Waals surface area contributed by atoms with Crippen molar-refractivity contribution in [3.05, 3.63) is 35.4 Å². The highest BCUT2D eigenvalue weighted by atomic mass is 19.1. The zero-order chi connectivity index (χ0) is 12.5. The molecule has 0 spiro atoms. The molecule has 3 heteroatoms. The van der Waals surface area contributed by atoms with Crippen molar-refractivity contribution in [3.8, 4) is 0 Å². The Morgan fingerprint density at radius 3 is 2.65 bits per heavy atom. The average Bonchev–Trinajstić information content (AvgIpc) is 3.03. The Bertz CT molecular complexity index is 399. The fraction of sp³-hybridized carbons (Fsp3) is 0.571. The number of halogens is 2. The lowest BCUT2D eigenvalue weighted by Crippen LogP contribution is -2.29. The van der Waals surface area contributed by atoms with Gasteiger partial charge in [0.25, 0.3) is 0 Å². The summed E-state index contributed by atoms with van der Waals surface area (Å²) in [4.78, 5) is 0. The van der Waals surface area contributed by atoms with Gasteiger partial charge in [0.1, 0.15) is 11.6 Å². The van der Waals surface area contributed by atoms with Crippen molar-refractivity contribution in [2.75, 3.05) is 6.54 Å². The molecule has 1 aromatic carbocycles. The predicted octanol–water partition coefficient (Wildman–Crippen LogP) is 3.81. The predicted molar refractivity (Wildman–Crippen MR) is 64.7 cm³/mol. The van der Waals surface area contributed by atoms with Crippen LogP contribution in [0.5, 0.6) is 0 Å². The van der Waals surface area contributed by atoms with E-state index in [4.69, 9.17) is 0 Å². The molecule has 94 valence electrons. The summed E-state index contributed by atoms with van der Waals surface area (Å²) >= 11 is 0. The van der Waals surface area contributed by atoms with Crippen LogP contribution >= 0.6 is 0 Å². The molecule has 0 saturated heterocycles. The summed E-state index contributed by atoms with van der Waals surface area (Å²) in [5.74, 6) is -0.679. The van der Waals surface area contributed by atoms with Crippen LogP contribution in [0, 0.1) is 17.0 Å². The van der Waals surface area contributed by atoms with Gasteiger partial charge < -0.3 is 5.32 Å². The Hall–Kier alpha value is -0.960. The molecular formula is C14H19F2N. The van der Waals surface area contributed by atoms with Gasteiger partial charge >= 0.3 is 0 Å². The van der Waals surface area contributed by atoms with Crippen LogP contribution < -0.4 is 5.32 Å². The number of hydrogen-bond acceptors (Lipinski definition) is 1. The van der Waals surface area contributed by atoms with E-state index >= 15 is 0 Å². The summed E-state index contributed by atoms with van der Waals surface area (Å²) in [6.45, 7) is 5.03. The van der Waals surface area contributed by atoms with Gasteiger partial charge in [0, 0.05) is 11.6 Å². The molecule has 0 amide bonds. The number of benzene rings is 1. The third-order valence-corrected chi connectivity index (χ3v) is 3.60. The summed E-state index contributed by atoms with van der Waals surface area (Å²) in [5, 5.41) is 3.35. The second-order valence-corrected chi connectivity index (χ2v) is 5.21. The van der Waals surface area contributed by atoms with Crippen LogP contribution in [-0.4, -0.2) is 6.54 Å². The van der Waals surface area contributed by atoms with E-state index in [0.717, 1.165) is 25.8 Å². The van der Waals surface area contributed by atoms with E-state index in [2.05, 4.69) is 19.2 Å². The first kappa shape index (κ1) is 12.5. The van der Waals surface area contributed by atoms with Crippen molar-refractivity contribution < 1.29 is 8.78 Å². The maximum absolute atomic E-state index is 13.8. The van der Waals surface area contributed by atoms with E-state index in [9.17, 15) is 8.78 Å². The number of hydrogen-bond donors (Lipinski definition) is 1. The van der Waals surface area contributed by atoms with E-state index in [1.54, 1.807) is 0 Å². The van der Waals surface area contributed by atoms with E-state index in [1.165, 1.54) is 18.2 Å². The summed E-state index contributed by atoms with van der Waals surface area (Å²) in [6.07, 6.45) is 3.14. The fourth-order valence-corrected chi connectivity index (χ4v) is 2.24. The normalized spacial score (nSPS) is 19.1. The first-order chi connectivity index (χ1) is 8.07. The van der Waals surface area contributed by atoms with Gasteiger partial charge in [0.05, 0.1) is 0 Å². The highest BCUT2D eigenvalue weighted by Crippen LogP contribution is 2.54. The van der Waals surface area contributed by atoms with E-state index in [0.29, 0.717) is 5.56 Å². The third kappa shape index (κ3) is 2.65. The van der Waals surface area contributed by atoms with Crippen LogP contribution in [0.1, 0.15) is 44.7 Å². The molecule has 0 radical (unpaired) electrons. The molecule has 1 atom stereocenters. The number of nitrogens with one attached hydrogen (secondary N) is 1. The summed E-state index contributed by atoms with van der Waals surface area (Å²) in [6, 6.07) is 3.65. The van der Waals surface area contributed by atoms with E-state index in [-0.39, 0.29) is 23.1 Å². The molecule has 17 heavy (non-hydrogen) atoms. The molecule has 1 aliphatic rings. The first-order valence-electron chi connectivity index (χ1n) is 6.25. The molecule has 1 fully saturated rings. The Balaban J connectivity index is 2.28. The first-order valence-corrected chi connectivity index (χ1v) is 6.25. The molecule has 1 aliphatic carbocycles. The van der Waals surface area contributed by atoms with Crippen LogP contribution in [0.15, 0.2) is 18.2 Å². The van der Waals surface area contributed by atoms with Crippen LogP contribution in [0.25, 0.3) is 0 Å². The van der Waals surface area contributed by atoms with Crippen molar-refractivity contribution in [1.29, 1.82) is 0 Å². The monoisotopic (exact) mass is 239 g/mol. The smallest absolute Gasteiger partial charge is 0.128 e. The molecule has 0 aromatic heterocycles. The van der Waals surface area contributed by atoms with Crippen LogP contribution in [0.4, 0.5) is 8.78 Å². The molecule has 1 unspecified atom stereocenters. The minimum Gasteiger partial charge on any atom is -0.309 e. The molecule has 1 nitrogen and oxygen atoms in total. The largest absolute Gasteiger partial charge is 0.309 e. The van der Waals surface area contributed by atoms with Crippen LogP contribution in [0.2, 0.25) is 0 Å². The van der Waals surface area contributed by atoms with Gasteiger partial charge in [-0.25, -0.2) is 8.78 Å². The molecule has 2 rings (SSSR count). The van der Waals surface area contributed by atoms with Gasteiger partial charge in [-0.3, -0.25) is 0 Å². The molecule has 0 bridgehead atoms. The van der Waals surface area contributed by atoms with Gasteiger partial charge in [0.15, 0.2) is 0 Å². The van der Waals surface area contributed by atoms with Gasteiger partial charge in [-0.05, 0) is 49.4 Å². The Kier molecular flexibility index (Phi) is 3.48. The molecule has 1 aromatic rings. The third-order valence-electron chi connectivity index (χ3n) is 3.60. The second-order valence-electron chi connectivity index (χ2n) is 5.21. The van der Waals surface area contributed by atoms with Gasteiger partial charge in [-0.1, -0.05) is 13.8 Å². The van der Waals surface area contributed by atoms with E-state index in [1.807, 2.05) is 0 Å². The molecule has 1 saturated carbocycles. The van der Waals surface area contributed by atoms with Crippen LogP contribution in [-0.2, 0) is 0 Å². The van der Waals surface area contributed by atoms with Crippen molar-refractivity contribution in [2.24, 2.45) is 5.41 Å². The maximum atomic E-state index is 13.8. The lowest BCUT2D eigenvalue weighted by atomic mass is 9.91. The maximum Gasteiger partial charge on any atom is 0.128 e. The zero-order valence-electron chi connectivity index (χ0n) is 10.4. The lowest BCUT2D eigenvalue weighted by Gasteiger charge is -2.25. The Morgan fingerprint density at radius 1 is 1.35 bits per heavy atom. The Morgan fingerprint density at radius 2 is 2.06 bits per heavy atom. The van der Waals surface area contributed by atoms with Crippen molar-refractivity contribution in [2.45, 2.75) is 39.2 Å². The summed E-state index contributed by atoms with van der Waals surface area (Å²) < 4.78 is 27.0. The Labute approximate surface area is 101 Å². The van der Waals surface area contributed by atoms with E-state index < -0.39 is 0 Å². The van der Waals surface area contributed by atoms with Crippen molar-refractivity contribution in [3.63, 3.8) is 0 Å². The molecule has 0 aliphatic heterocycles. The fourth-order valence-electron chi connectivity index (χ4n) is 2.24. The minimum absolute atomic E-state index is 0.0712. The topological polar surface area (TPSA) is 12.0 Å². The van der Waals surface area contributed by atoms with Crippen molar-refractivity contribution >= 4 is 0 Å². The van der Waals surface area contributed by atoms with Gasteiger partial charge in [0.2, 0.25) is 0 Å². The average molecular weight is 239 g/mol. The lowest BCUT2D eigenvalue weighted by molar-refractivity contribution is 0.354. The van der Waals surface area contributed by atoms with Gasteiger partial charge in [-0.2, -0.15) is 0 Å². The zero-order valence-corrected chi connectivity index (χ0v) is 10.4. The summed E-state index contributed by atoms with van der Waals surface area (Å²) in [7, 11) is 0. The van der Waals surface area contributed by atoms with Gasteiger partial charge in [-0.15, -0.1) is 0 Å². The highest BCUT2D eigenvalue weighted by Gasteiger charge is 2.46. The van der Waals surface area contributed by atoms with Crippen molar-refractivity contribution in [1.82, 2.24) is 5.32 Å². The molecule has 1 N–H and O–H groups in total. The second kappa shape index (κ2) is 4.73. The molecular weight excluding hydrogens is 220 g/mol.